The van der Waals surface area contributed by atoms with Gasteiger partial charge in [-0.3, -0.25) is 0 Å². The van der Waals surface area contributed by atoms with Crippen LogP contribution >= 0.6 is 0 Å². The van der Waals surface area contributed by atoms with Crippen molar-refractivity contribution in [3.05, 3.63) is 48.9 Å². The summed E-state index contributed by atoms with van der Waals surface area (Å²) in [7, 11) is 0. The molecule has 0 bridgehead atoms. The van der Waals surface area contributed by atoms with Crippen LogP contribution in [-0.4, -0.2) is 41.3 Å². The predicted octanol–water partition coefficient (Wildman–Crippen LogP) is 2.61. The summed E-state index contributed by atoms with van der Waals surface area (Å²) >= 11 is 0. The largest absolute Gasteiger partial charge is 0.378 e. The van der Waals surface area contributed by atoms with Gasteiger partial charge in [0.15, 0.2) is 5.65 Å². The van der Waals surface area contributed by atoms with Crippen molar-refractivity contribution in [2.45, 2.75) is 0 Å². The highest BCUT2D eigenvalue weighted by Gasteiger charge is 2.15. The first kappa shape index (κ1) is 13.9. The van der Waals surface area contributed by atoms with E-state index < -0.39 is 0 Å². The fraction of sp³-hybridized carbons (Fsp3) is 0.235. The minimum Gasteiger partial charge on any atom is -0.378 e. The quantitative estimate of drug-likeness (QED) is 0.802. The molecule has 0 spiro atoms. The van der Waals surface area contributed by atoms with Gasteiger partial charge in [0.2, 0.25) is 0 Å². The van der Waals surface area contributed by atoms with Gasteiger partial charge in [-0.25, -0.2) is 15.0 Å². The normalized spacial score (nSPS) is 14.9. The zero-order valence-corrected chi connectivity index (χ0v) is 12.6. The predicted molar refractivity (Wildman–Crippen MR) is 90.1 cm³/mol. The molecule has 0 aliphatic carbocycles. The Morgan fingerprint density at radius 3 is 2.74 bits per heavy atom. The summed E-state index contributed by atoms with van der Waals surface area (Å²) in [5.74, 6) is 0.767. The van der Waals surface area contributed by atoms with E-state index in [1.165, 1.54) is 6.33 Å². The molecule has 0 amide bonds. The van der Waals surface area contributed by atoms with E-state index in [1.54, 1.807) is 6.20 Å². The number of rotatable bonds is 3. The van der Waals surface area contributed by atoms with Crippen LogP contribution in [0.2, 0.25) is 0 Å². The molecule has 1 fully saturated rings. The van der Waals surface area contributed by atoms with Crippen molar-refractivity contribution >= 4 is 28.2 Å². The number of ether oxygens (including phenoxy) is 1. The number of para-hydroxylation sites is 2. The Morgan fingerprint density at radius 2 is 1.83 bits per heavy atom. The minimum atomic E-state index is 0.689. The third-order valence-corrected chi connectivity index (χ3v) is 3.92. The average molecular weight is 307 g/mol. The van der Waals surface area contributed by atoms with Crippen LogP contribution in [0.25, 0.3) is 11.0 Å². The zero-order valence-electron chi connectivity index (χ0n) is 12.6. The fourth-order valence-corrected chi connectivity index (χ4v) is 2.78. The van der Waals surface area contributed by atoms with Crippen molar-refractivity contribution in [1.29, 1.82) is 0 Å². The first-order valence-electron chi connectivity index (χ1n) is 7.66. The molecule has 0 unspecified atom stereocenters. The Morgan fingerprint density at radius 1 is 0.957 bits per heavy atom. The van der Waals surface area contributed by atoms with Crippen LogP contribution in [0.5, 0.6) is 0 Å². The van der Waals surface area contributed by atoms with Gasteiger partial charge in [-0.1, -0.05) is 12.1 Å². The van der Waals surface area contributed by atoms with E-state index in [1.807, 2.05) is 18.2 Å². The highest BCUT2D eigenvalue weighted by Crippen LogP contribution is 2.30. The molecule has 1 aliphatic heterocycles. The lowest BCUT2D eigenvalue weighted by Crippen LogP contribution is -2.36. The summed E-state index contributed by atoms with van der Waals surface area (Å²) < 4.78 is 5.45. The zero-order chi connectivity index (χ0) is 15.5. The van der Waals surface area contributed by atoms with E-state index in [-0.39, 0.29) is 0 Å². The SMILES string of the molecule is c1ccc(N2CCOCC2)c(Nc2ncnc3ncccc23)c1. The van der Waals surface area contributed by atoms with Gasteiger partial charge in [0.1, 0.15) is 12.1 Å². The lowest BCUT2D eigenvalue weighted by atomic mass is 10.2. The Hall–Kier alpha value is -2.73. The molecule has 116 valence electrons. The molecule has 3 heterocycles. The first-order chi connectivity index (χ1) is 11.4. The maximum Gasteiger partial charge on any atom is 0.164 e. The van der Waals surface area contributed by atoms with E-state index in [9.17, 15) is 0 Å². The number of nitrogens with zero attached hydrogens (tertiary/aromatic N) is 4. The van der Waals surface area contributed by atoms with Crippen LogP contribution in [-0.2, 0) is 4.74 Å². The molecular formula is C17H17N5O. The highest BCUT2D eigenvalue weighted by atomic mass is 16.5. The molecule has 0 atom stereocenters. The van der Waals surface area contributed by atoms with Crippen molar-refractivity contribution in [2.75, 3.05) is 36.5 Å². The first-order valence-corrected chi connectivity index (χ1v) is 7.66. The number of aromatic nitrogens is 3. The van der Waals surface area contributed by atoms with Gasteiger partial charge in [-0.2, -0.15) is 0 Å². The summed E-state index contributed by atoms with van der Waals surface area (Å²) in [6.45, 7) is 3.30. The van der Waals surface area contributed by atoms with E-state index in [2.05, 4.69) is 43.4 Å². The molecule has 1 aliphatic rings. The maximum absolute atomic E-state index is 5.45. The monoisotopic (exact) mass is 307 g/mol. The minimum absolute atomic E-state index is 0.689. The van der Waals surface area contributed by atoms with Crippen molar-refractivity contribution in [2.24, 2.45) is 0 Å². The Labute approximate surface area is 134 Å². The standard InChI is InChI=1S/C17H17N5O/c1-2-6-15(22-8-10-23-11-9-22)14(5-1)21-17-13-4-3-7-18-16(13)19-12-20-17/h1-7,12H,8-11H2,(H,18,19,20,21). The number of benzene rings is 1. The summed E-state index contributed by atoms with van der Waals surface area (Å²) in [6, 6.07) is 12.1. The van der Waals surface area contributed by atoms with Crippen LogP contribution in [0.3, 0.4) is 0 Å². The molecule has 6 heteroatoms. The Balaban J connectivity index is 1.71. The fourth-order valence-electron chi connectivity index (χ4n) is 2.78. The highest BCUT2D eigenvalue weighted by molar-refractivity contribution is 5.89. The van der Waals surface area contributed by atoms with E-state index in [0.717, 1.165) is 48.9 Å². The second-order valence-electron chi connectivity index (χ2n) is 5.34. The topological polar surface area (TPSA) is 63.2 Å². The molecule has 0 radical (unpaired) electrons. The molecule has 2 aromatic heterocycles. The lowest BCUT2D eigenvalue weighted by Gasteiger charge is -2.30. The number of hydrogen-bond acceptors (Lipinski definition) is 6. The molecule has 1 N–H and O–H groups in total. The van der Waals surface area contributed by atoms with Crippen molar-refractivity contribution in [3.8, 4) is 0 Å². The van der Waals surface area contributed by atoms with Gasteiger partial charge in [-0.15, -0.1) is 0 Å². The van der Waals surface area contributed by atoms with Gasteiger partial charge in [0.05, 0.1) is 30.0 Å². The number of anilines is 3. The van der Waals surface area contributed by atoms with Crippen LogP contribution in [0.1, 0.15) is 0 Å². The van der Waals surface area contributed by atoms with Crippen LogP contribution in [0.4, 0.5) is 17.2 Å². The summed E-state index contributed by atoms with van der Waals surface area (Å²) in [4.78, 5) is 15.2. The third kappa shape index (κ3) is 2.80. The number of pyridine rings is 1. The Bertz CT molecular complexity index is 811. The van der Waals surface area contributed by atoms with Crippen molar-refractivity contribution < 1.29 is 4.74 Å². The number of morpholine rings is 1. The molecule has 1 saturated heterocycles. The van der Waals surface area contributed by atoms with Crippen LogP contribution < -0.4 is 10.2 Å². The van der Waals surface area contributed by atoms with Gasteiger partial charge in [-0.05, 0) is 24.3 Å². The van der Waals surface area contributed by atoms with Gasteiger partial charge < -0.3 is 15.0 Å². The van der Waals surface area contributed by atoms with Gasteiger partial charge in [0.25, 0.3) is 0 Å². The average Bonchev–Trinajstić information content (AvgIpc) is 2.63. The van der Waals surface area contributed by atoms with E-state index in [0.29, 0.717) is 5.65 Å². The maximum atomic E-state index is 5.45. The molecule has 23 heavy (non-hydrogen) atoms. The number of hydrogen-bond donors (Lipinski definition) is 1. The van der Waals surface area contributed by atoms with E-state index >= 15 is 0 Å². The number of nitrogens with one attached hydrogen (secondary N) is 1. The molecular weight excluding hydrogens is 290 g/mol. The molecule has 4 rings (SSSR count). The van der Waals surface area contributed by atoms with Crippen LogP contribution in [0, 0.1) is 0 Å². The lowest BCUT2D eigenvalue weighted by molar-refractivity contribution is 0.123. The van der Waals surface area contributed by atoms with Crippen molar-refractivity contribution in [1.82, 2.24) is 15.0 Å². The smallest absolute Gasteiger partial charge is 0.164 e. The summed E-state index contributed by atoms with van der Waals surface area (Å²) in [5, 5.41) is 4.35. The Kier molecular flexibility index (Phi) is 3.73. The number of fused-ring (bicyclic) bond motifs is 1. The second kappa shape index (κ2) is 6.18. The summed E-state index contributed by atoms with van der Waals surface area (Å²) in [5.41, 5.74) is 2.87. The summed E-state index contributed by atoms with van der Waals surface area (Å²) in [6.07, 6.45) is 3.27. The third-order valence-electron chi connectivity index (χ3n) is 3.92. The molecule has 0 saturated carbocycles. The van der Waals surface area contributed by atoms with Crippen molar-refractivity contribution in [3.63, 3.8) is 0 Å². The molecule has 6 nitrogen and oxygen atoms in total. The van der Waals surface area contributed by atoms with Gasteiger partial charge in [0, 0.05) is 19.3 Å². The van der Waals surface area contributed by atoms with E-state index in [4.69, 9.17) is 4.74 Å². The second-order valence-corrected chi connectivity index (χ2v) is 5.34. The molecule has 3 aromatic rings. The van der Waals surface area contributed by atoms with Crippen LogP contribution in [0.15, 0.2) is 48.9 Å². The molecule has 1 aromatic carbocycles. The van der Waals surface area contributed by atoms with Gasteiger partial charge >= 0.3 is 0 Å².